The number of carbonyl (C=O) groups is 7. The number of primary amides is 1. The molecule has 1 rings (SSSR count). The number of nitrogens with one attached hydrogen (secondary N) is 6. The van der Waals surface area contributed by atoms with Gasteiger partial charge in [-0.1, -0.05) is 84.0 Å². The number of imidazole rings is 1. The van der Waals surface area contributed by atoms with Crippen LogP contribution in [0.2, 0.25) is 0 Å². The molecular weight excluding hydrogens is 740 g/mol. The van der Waals surface area contributed by atoms with Gasteiger partial charge in [0, 0.05) is 25.5 Å². The van der Waals surface area contributed by atoms with Gasteiger partial charge in [0.25, 0.3) is 0 Å². The molecule has 6 amide bonds. The maximum Gasteiger partial charge on any atom is 0.326 e. The van der Waals surface area contributed by atoms with Crippen LogP contribution in [0.3, 0.4) is 0 Å². The minimum atomic E-state index is -3.97. The van der Waals surface area contributed by atoms with Crippen molar-refractivity contribution >= 4 is 51.4 Å². The summed E-state index contributed by atoms with van der Waals surface area (Å²) < 4.78 is 26.6. The van der Waals surface area contributed by atoms with Crippen LogP contribution in [0.25, 0.3) is 0 Å². The van der Waals surface area contributed by atoms with Crippen molar-refractivity contribution < 1.29 is 52.2 Å². The number of rotatable bonds is 32. The molecule has 0 bridgehead atoms. The maximum absolute atomic E-state index is 12.8. The molecule has 0 unspecified atom stereocenters. The largest absolute Gasteiger partial charge is 0.480 e. The monoisotopic (exact) mass is 800 g/mol. The third-order valence-electron chi connectivity index (χ3n) is 8.50. The van der Waals surface area contributed by atoms with Crippen LogP contribution >= 0.6 is 0 Å². The molecule has 1 aromatic rings. The fourth-order valence-corrected chi connectivity index (χ4v) is 6.55. The Kier molecular flexibility index (Phi) is 24.6. The summed E-state index contributed by atoms with van der Waals surface area (Å²) >= 11 is 0. The highest BCUT2D eigenvalue weighted by molar-refractivity contribution is 7.90. The number of carbonyl (C=O) groups excluding carboxylic acids is 6. The SMILES string of the molecule is CCCCCCCCCCCCCCCC(=O)NS(=O)(=O)CCCC(=O)NCC(=O)N[C@@H](CO)C(=O)N[C@@H](CC(N)=O)C(=O)N[C@@H](Cc1c[nH]cn1)C(=O)O. The molecule has 0 aliphatic rings. The van der Waals surface area contributed by atoms with Gasteiger partial charge in [0.15, 0.2) is 0 Å². The number of aliphatic carboxylic acids is 1. The molecule has 0 aromatic carbocycles. The van der Waals surface area contributed by atoms with E-state index in [2.05, 4.69) is 38.2 Å². The number of aliphatic hydroxyl groups excluding tert-OH is 1. The molecule has 0 aliphatic carbocycles. The van der Waals surface area contributed by atoms with Crippen LogP contribution in [0.15, 0.2) is 12.5 Å². The molecule has 0 aliphatic heterocycles. The van der Waals surface area contributed by atoms with E-state index in [0.29, 0.717) is 12.1 Å². The standard InChI is InChI=1S/C35H60N8O11S/c1-2-3-4-5-6-7-8-9-10-11-12-13-14-16-31(47)43-55(53,54)18-15-17-30(46)38-22-32(48)40-28(23-44)34(50)41-26(20-29(36)45)33(49)42-27(35(51)52)19-25-21-37-24-39-25/h21,24,26-28,44H,2-20,22-23H2,1H3,(H2,36,45)(H,37,39)(H,38,46)(H,40,48)(H,41,50)(H,42,49)(H,43,47)(H,51,52)/t26-,27-,28-/m0/s1. The Balaban J connectivity index is 2.37. The molecule has 0 fully saturated rings. The van der Waals surface area contributed by atoms with Gasteiger partial charge in [0.1, 0.15) is 18.1 Å². The number of unbranched alkanes of at least 4 members (excludes halogenated alkanes) is 12. The minimum Gasteiger partial charge on any atom is -0.480 e. The van der Waals surface area contributed by atoms with Crippen LogP contribution < -0.4 is 31.7 Å². The van der Waals surface area contributed by atoms with Crippen LogP contribution in [0.1, 0.15) is 122 Å². The quantitative estimate of drug-likeness (QED) is 0.0441. The van der Waals surface area contributed by atoms with E-state index in [9.17, 15) is 52.2 Å². The highest BCUT2D eigenvalue weighted by Gasteiger charge is 2.31. The Labute approximate surface area is 322 Å². The molecule has 312 valence electrons. The number of hydrogen-bond donors (Lipinski definition) is 9. The van der Waals surface area contributed by atoms with E-state index >= 15 is 0 Å². The second-order valence-electron chi connectivity index (χ2n) is 13.4. The van der Waals surface area contributed by atoms with Crippen molar-refractivity contribution in [3.63, 3.8) is 0 Å². The van der Waals surface area contributed by atoms with Crippen LogP contribution in [-0.2, 0) is 50.0 Å². The zero-order valence-electron chi connectivity index (χ0n) is 31.7. The summed E-state index contributed by atoms with van der Waals surface area (Å²) in [5.41, 5.74) is 5.49. The zero-order chi connectivity index (χ0) is 41.1. The molecule has 1 aromatic heterocycles. The normalized spacial score (nSPS) is 12.8. The van der Waals surface area contributed by atoms with Gasteiger partial charge in [0.2, 0.25) is 45.5 Å². The summed E-state index contributed by atoms with van der Waals surface area (Å²) in [6.07, 6.45) is 16.2. The van der Waals surface area contributed by atoms with Gasteiger partial charge in [0.05, 0.1) is 37.3 Å². The van der Waals surface area contributed by atoms with Gasteiger partial charge >= 0.3 is 5.97 Å². The first-order valence-corrected chi connectivity index (χ1v) is 20.6. The van der Waals surface area contributed by atoms with Crippen molar-refractivity contribution in [1.82, 2.24) is 36.0 Å². The van der Waals surface area contributed by atoms with E-state index in [0.717, 1.165) is 25.7 Å². The van der Waals surface area contributed by atoms with Gasteiger partial charge in [-0.15, -0.1) is 0 Å². The lowest BCUT2D eigenvalue weighted by molar-refractivity contribution is -0.142. The fourth-order valence-electron chi connectivity index (χ4n) is 5.48. The number of hydrogen-bond acceptors (Lipinski definition) is 11. The van der Waals surface area contributed by atoms with Crippen molar-refractivity contribution in [2.45, 2.75) is 141 Å². The first kappa shape index (κ1) is 48.4. The zero-order valence-corrected chi connectivity index (χ0v) is 32.6. The van der Waals surface area contributed by atoms with E-state index in [1.54, 1.807) is 0 Å². The van der Waals surface area contributed by atoms with Crippen LogP contribution in [0.4, 0.5) is 0 Å². The Morgan fingerprint density at radius 1 is 0.745 bits per heavy atom. The molecule has 3 atom stereocenters. The van der Waals surface area contributed by atoms with E-state index in [1.807, 2.05) is 4.72 Å². The number of sulfonamides is 1. The molecule has 0 spiro atoms. The van der Waals surface area contributed by atoms with Gasteiger partial charge in [-0.3, -0.25) is 33.5 Å². The van der Waals surface area contributed by atoms with Crippen molar-refractivity contribution in [2.75, 3.05) is 18.9 Å². The van der Waals surface area contributed by atoms with Gasteiger partial charge in [-0.05, 0) is 12.8 Å². The highest BCUT2D eigenvalue weighted by atomic mass is 32.2. The summed E-state index contributed by atoms with van der Waals surface area (Å²) in [5, 5.41) is 27.9. The number of nitrogens with zero attached hydrogens (tertiary/aromatic N) is 1. The van der Waals surface area contributed by atoms with E-state index in [4.69, 9.17) is 5.73 Å². The summed E-state index contributed by atoms with van der Waals surface area (Å²) in [6.45, 7) is 0.585. The highest BCUT2D eigenvalue weighted by Crippen LogP contribution is 2.13. The number of carboxylic acid groups (broad SMARTS) is 1. The van der Waals surface area contributed by atoms with E-state index in [1.165, 1.54) is 63.9 Å². The van der Waals surface area contributed by atoms with Crippen molar-refractivity contribution in [3.05, 3.63) is 18.2 Å². The first-order valence-electron chi connectivity index (χ1n) is 19.0. The van der Waals surface area contributed by atoms with E-state index in [-0.39, 0.29) is 25.7 Å². The molecule has 0 radical (unpaired) electrons. The molecule has 0 saturated carbocycles. The van der Waals surface area contributed by atoms with Crippen molar-refractivity contribution in [3.8, 4) is 0 Å². The van der Waals surface area contributed by atoms with Crippen molar-refractivity contribution in [1.29, 1.82) is 0 Å². The number of aromatic nitrogens is 2. The summed E-state index contributed by atoms with van der Waals surface area (Å²) in [7, 11) is -3.97. The topological polar surface area (TPSA) is 309 Å². The Morgan fingerprint density at radius 3 is 1.82 bits per heavy atom. The third-order valence-corrected chi connectivity index (χ3v) is 9.86. The van der Waals surface area contributed by atoms with E-state index < -0.39 is 94.9 Å². The summed E-state index contributed by atoms with van der Waals surface area (Å²) in [5.74, 6) is -7.39. The Bertz CT molecular complexity index is 1460. The second kappa shape index (κ2) is 27.9. The summed E-state index contributed by atoms with van der Waals surface area (Å²) in [4.78, 5) is 92.1. The molecule has 20 heteroatoms. The van der Waals surface area contributed by atoms with Gasteiger partial charge in [-0.2, -0.15) is 0 Å². The smallest absolute Gasteiger partial charge is 0.326 e. The first-order chi connectivity index (χ1) is 26.2. The lowest BCUT2D eigenvalue weighted by Gasteiger charge is -2.23. The molecular formula is C35H60N8O11S. The average molecular weight is 801 g/mol. The van der Waals surface area contributed by atoms with Gasteiger partial charge in [-0.25, -0.2) is 18.2 Å². The lowest BCUT2D eigenvalue weighted by Crippen LogP contribution is -2.58. The number of H-pyrrole nitrogens is 1. The number of aliphatic hydroxyl groups is 1. The number of aromatic amines is 1. The summed E-state index contributed by atoms with van der Waals surface area (Å²) in [6, 6.07) is -4.81. The van der Waals surface area contributed by atoms with Crippen LogP contribution in [-0.4, -0.2) is 107 Å². The molecule has 10 N–H and O–H groups in total. The molecule has 0 saturated heterocycles. The second-order valence-corrected chi connectivity index (χ2v) is 15.3. The average Bonchev–Trinajstić information content (AvgIpc) is 3.63. The molecule has 1 heterocycles. The lowest BCUT2D eigenvalue weighted by atomic mass is 10.0. The fraction of sp³-hybridized carbons (Fsp3) is 0.714. The molecule has 55 heavy (non-hydrogen) atoms. The predicted octanol–water partition coefficient (Wildman–Crippen LogP) is 0.183. The number of nitrogens with two attached hydrogens (primary N) is 1. The predicted molar refractivity (Wildman–Crippen MR) is 201 cm³/mol. The van der Waals surface area contributed by atoms with Gasteiger partial charge < -0.3 is 42.2 Å². The van der Waals surface area contributed by atoms with Crippen LogP contribution in [0, 0.1) is 0 Å². The Hall–Kier alpha value is -4.59. The number of carboxylic acids is 1. The van der Waals surface area contributed by atoms with Crippen LogP contribution in [0.5, 0.6) is 0 Å². The van der Waals surface area contributed by atoms with Crippen molar-refractivity contribution in [2.24, 2.45) is 5.73 Å². The number of amides is 6. The minimum absolute atomic E-state index is 0.0796. The maximum atomic E-state index is 12.8. The molecule has 19 nitrogen and oxygen atoms in total. The Morgan fingerprint density at radius 2 is 1.29 bits per heavy atom. The third kappa shape index (κ3) is 23.7.